The normalized spacial score (nSPS) is 10.5. The molecule has 4 heteroatoms. The minimum Gasteiger partial charge on any atom is -0.0532 e. The summed E-state index contributed by atoms with van der Waals surface area (Å²) in [5.41, 5.74) is 2.32. The van der Waals surface area contributed by atoms with E-state index in [0.717, 1.165) is 23.5 Å². The van der Waals surface area contributed by atoms with Crippen LogP contribution < -0.4 is 0 Å². The van der Waals surface area contributed by atoms with Gasteiger partial charge in [0.15, 0.2) is 0 Å². The Kier molecular flexibility index (Phi) is 4.27. The zero-order valence-corrected chi connectivity index (χ0v) is 14.3. The Morgan fingerprint density at radius 3 is 1.81 bits per heavy atom. The summed E-state index contributed by atoms with van der Waals surface area (Å²) >= 11 is 14.1. The van der Waals surface area contributed by atoms with E-state index in [2.05, 4.69) is 75.9 Å². The van der Waals surface area contributed by atoms with E-state index in [1.807, 2.05) is 24.3 Å². The van der Waals surface area contributed by atoms with Gasteiger partial charge < -0.3 is 0 Å². The summed E-state index contributed by atoms with van der Waals surface area (Å²) in [6.07, 6.45) is 0. The topological polar surface area (TPSA) is 0 Å². The smallest absolute Gasteiger partial charge is 0.0407 e. The number of halogens is 4. The van der Waals surface area contributed by atoms with Crippen molar-refractivity contribution in [3.05, 3.63) is 54.3 Å². The van der Waals surface area contributed by atoms with Gasteiger partial charge in [0.05, 0.1) is 0 Å². The second kappa shape index (κ2) is 5.34. The third-order valence-corrected chi connectivity index (χ3v) is 5.38. The van der Waals surface area contributed by atoms with Gasteiger partial charge in [-0.25, -0.2) is 0 Å². The van der Waals surface area contributed by atoms with Crippen molar-refractivity contribution in [2.24, 2.45) is 0 Å². The molecule has 0 aromatic heterocycles. The predicted octanol–water partition coefficient (Wildman–Crippen LogP) is 6.40. The maximum absolute atomic E-state index is 3.60. The van der Waals surface area contributed by atoms with Gasteiger partial charge in [-0.1, -0.05) is 44.0 Å². The molecule has 16 heavy (non-hydrogen) atoms. The molecule has 0 saturated heterocycles. The van der Waals surface area contributed by atoms with Crippen LogP contribution in [0.4, 0.5) is 0 Å². The van der Waals surface area contributed by atoms with Gasteiger partial charge in [-0.05, 0) is 61.7 Å². The molecule has 0 N–H and O–H groups in total. The van der Waals surface area contributed by atoms with E-state index < -0.39 is 0 Å². The molecule has 0 unspecified atom stereocenters. The van der Waals surface area contributed by atoms with Crippen molar-refractivity contribution in [1.82, 2.24) is 0 Å². The minimum absolute atomic E-state index is 1.05. The molecule has 0 nitrogen and oxygen atoms in total. The van der Waals surface area contributed by atoms with Crippen LogP contribution in [-0.2, 0) is 0 Å². The summed E-state index contributed by atoms with van der Waals surface area (Å²) in [5, 5.41) is 0. The highest BCUT2D eigenvalue weighted by atomic mass is 79.9. The second-order valence-corrected chi connectivity index (χ2v) is 6.64. The van der Waals surface area contributed by atoms with E-state index in [9.17, 15) is 0 Å². The van der Waals surface area contributed by atoms with Gasteiger partial charge in [-0.3, -0.25) is 0 Å². The molecular formula is C12H6Br4. The first-order valence-electron chi connectivity index (χ1n) is 4.49. The maximum Gasteiger partial charge on any atom is 0.0407 e. The summed E-state index contributed by atoms with van der Waals surface area (Å²) < 4.78 is 4.27. The van der Waals surface area contributed by atoms with Gasteiger partial charge in [0.2, 0.25) is 0 Å². The fraction of sp³-hybridized carbons (Fsp3) is 0. The van der Waals surface area contributed by atoms with Gasteiger partial charge in [-0.15, -0.1) is 0 Å². The van der Waals surface area contributed by atoms with E-state index in [-0.39, 0.29) is 0 Å². The number of hydrogen-bond acceptors (Lipinski definition) is 0. The van der Waals surface area contributed by atoms with E-state index >= 15 is 0 Å². The molecule has 0 fully saturated rings. The van der Waals surface area contributed by atoms with E-state index in [1.54, 1.807) is 0 Å². The Hall–Kier alpha value is 0.360. The Bertz CT molecular complexity index is 517. The Morgan fingerprint density at radius 1 is 0.625 bits per heavy atom. The summed E-state index contributed by atoms with van der Waals surface area (Å²) in [4.78, 5) is 0. The first-order chi connectivity index (χ1) is 7.59. The van der Waals surface area contributed by atoms with Crippen molar-refractivity contribution in [2.75, 3.05) is 0 Å². The second-order valence-electron chi connectivity index (χ2n) is 3.23. The van der Waals surface area contributed by atoms with Crippen LogP contribution in [0.5, 0.6) is 0 Å². The first kappa shape index (κ1) is 12.8. The molecule has 0 saturated carbocycles. The van der Waals surface area contributed by atoms with Crippen molar-refractivity contribution in [1.29, 1.82) is 0 Å². The summed E-state index contributed by atoms with van der Waals surface area (Å²) in [6, 6.07) is 12.3. The lowest BCUT2D eigenvalue weighted by Gasteiger charge is -2.09. The molecule has 0 aliphatic carbocycles. The molecule has 0 spiro atoms. The van der Waals surface area contributed by atoms with Crippen molar-refractivity contribution in [3.8, 4) is 11.1 Å². The van der Waals surface area contributed by atoms with E-state index in [0.29, 0.717) is 0 Å². The van der Waals surface area contributed by atoms with Crippen molar-refractivity contribution in [3.63, 3.8) is 0 Å². The average Bonchev–Trinajstić information content (AvgIpc) is 2.27. The van der Waals surface area contributed by atoms with Gasteiger partial charge in [0, 0.05) is 23.5 Å². The summed E-state index contributed by atoms with van der Waals surface area (Å²) in [7, 11) is 0. The highest BCUT2D eigenvalue weighted by molar-refractivity contribution is 9.13. The van der Waals surface area contributed by atoms with Gasteiger partial charge >= 0.3 is 0 Å². The molecule has 0 aliphatic heterocycles. The van der Waals surface area contributed by atoms with Crippen LogP contribution in [0.1, 0.15) is 0 Å². The first-order valence-corrected chi connectivity index (χ1v) is 7.66. The van der Waals surface area contributed by atoms with Crippen LogP contribution in [0.25, 0.3) is 11.1 Å². The van der Waals surface area contributed by atoms with Gasteiger partial charge in [0.25, 0.3) is 0 Å². The molecule has 82 valence electrons. The van der Waals surface area contributed by atoms with E-state index in [4.69, 9.17) is 0 Å². The molecule has 0 aliphatic rings. The number of hydrogen-bond donors (Lipinski definition) is 0. The highest BCUT2D eigenvalue weighted by Gasteiger charge is 2.10. The van der Waals surface area contributed by atoms with Crippen LogP contribution in [0.2, 0.25) is 0 Å². The SMILES string of the molecule is Brc1ccc(-c2c(Br)ccc(Br)c2Br)cc1. The van der Waals surface area contributed by atoms with Crippen molar-refractivity contribution in [2.45, 2.75) is 0 Å². The van der Waals surface area contributed by atoms with Crippen LogP contribution in [-0.4, -0.2) is 0 Å². The third-order valence-electron chi connectivity index (χ3n) is 2.18. The summed E-state index contributed by atoms with van der Waals surface area (Å²) in [6.45, 7) is 0. The predicted molar refractivity (Wildman–Crippen MR) is 82.7 cm³/mol. The van der Waals surface area contributed by atoms with Crippen LogP contribution in [0.15, 0.2) is 54.3 Å². The van der Waals surface area contributed by atoms with Crippen molar-refractivity contribution >= 4 is 63.7 Å². The molecule has 0 amide bonds. The molecule has 0 heterocycles. The van der Waals surface area contributed by atoms with Crippen LogP contribution in [0.3, 0.4) is 0 Å². The van der Waals surface area contributed by atoms with Crippen LogP contribution >= 0.6 is 63.7 Å². The van der Waals surface area contributed by atoms with Crippen molar-refractivity contribution < 1.29 is 0 Å². The molecule has 0 bridgehead atoms. The molecule has 0 radical (unpaired) electrons. The number of benzene rings is 2. The minimum atomic E-state index is 1.05. The van der Waals surface area contributed by atoms with Crippen LogP contribution in [0, 0.1) is 0 Å². The third kappa shape index (κ3) is 2.61. The molecular weight excluding hydrogens is 464 g/mol. The number of rotatable bonds is 1. The Balaban J connectivity index is 2.63. The Labute approximate surface area is 128 Å². The molecule has 0 atom stereocenters. The quantitative estimate of drug-likeness (QED) is 0.424. The fourth-order valence-corrected chi connectivity index (χ4v) is 3.40. The van der Waals surface area contributed by atoms with Gasteiger partial charge in [0.1, 0.15) is 0 Å². The monoisotopic (exact) mass is 466 g/mol. The lowest BCUT2D eigenvalue weighted by Crippen LogP contribution is -1.83. The lowest BCUT2D eigenvalue weighted by atomic mass is 10.1. The molecule has 2 rings (SSSR count). The summed E-state index contributed by atoms with van der Waals surface area (Å²) in [5.74, 6) is 0. The molecule has 2 aromatic rings. The largest absolute Gasteiger partial charge is 0.0532 e. The highest BCUT2D eigenvalue weighted by Crippen LogP contribution is 2.39. The standard InChI is InChI=1S/C12H6Br4/c13-8-3-1-7(2-4-8)11-9(14)5-6-10(15)12(11)16/h1-6H. The Morgan fingerprint density at radius 2 is 1.19 bits per heavy atom. The molecule has 2 aromatic carbocycles. The zero-order chi connectivity index (χ0) is 11.7. The lowest BCUT2D eigenvalue weighted by molar-refractivity contribution is 1.51. The zero-order valence-electron chi connectivity index (χ0n) is 7.98. The average molecular weight is 470 g/mol. The fourth-order valence-electron chi connectivity index (χ4n) is 1.41. The van der Waals surface area contributed by atoms with Gasteiger partial charge in [-0.2, -0.15) is 0 Å². The van der Waals surface area contributed by atoms with E-state index in [1.165, 1.54) is 5.56 Å². The maximum atomic E-state index is 3.60.